The fraction of sp³-hybridized carbons (Fsp3) is 0.778. The molecule has 0 fully saturated rings. The maximum absolute atomic E-state index is 11.9. The number of hydrogen-bond acceptors (Lipinski definition) is 3. The van der Waals surface area contributed by atoms with Crippen LogP contribution in [0.25, 0.3) is 0 Å². The van der Waals surface area contributed by atoms with Crippen molar-refractivity contribution in [2.45, 2.75) is 20.0 Å². The number of urea groups is 1. The molecule has 0 saturated carbocycles. The van der Waals surface area contributed by atoms with Crippen LogP contribution in [0.3, 0.4) is 0 Å². The first-order valence-corrected chi connectivity index (χ1v) is 5.28. The Labute approximate surface area is 103 Å². The molecule has 18 heavy (non-hydrogen) atoms. The summed E-state index contributed by atoms with van der Waals surface area (Å²) in [7, 11) is 0. The molecule has 2 amide bonds. The van der Waals surface area contributed by atoms with E-state index in [1.165, 1.54) is 0 Å². The molecule has 1 unspecified atom stereocenters. The van der Waals surface area contributed by atoms with Crippen LogP contribution < -0.4 is 11.1 Å². The van der Waals surface area contributed by atoms with Gasteiger partial charge < -0.3 is 21.2 Å². The highest BCUT2D eigenvalue weighted by molar-refractivity contribution is 5.83. The second-order valence-electron chi connectivity index (χ2n) is 3.74. The SMILES string of the molecule is CCN(CC(C)C(N)=NO)C(=O)NCC(F)(F)F. The highest BCUT2D eigenvalue weighted by atomic mass is 19.4. The first-order valence-electron chi connectivity index (χ1n) is 5.28. The van der Waals surface area contributed by atoms with Gasteiger partial charge in [-0.05, 0) is 6.92 Å². The third-order valence-electron chi connectivity index (χ3n) is 2.22. The van der Waals surface area contributed by atoms with Gasteiger partial charge in [-0.15, -0.1) is 0 Å². The van der Waals surface area contributed by atoms with Gasteiger partial charge in [0.05, 0.1) is 0 Å². The first-order chi connectivity index (χ1) is 8.21. The van der Waals surface area contributed by atoms with E-state index in [2.05, 4.69) is 5.16 Å². The number of alkyl halides is 3. The minimum atomic E-state index is -4.45. The number of nitrogens with one attached hydrogen (secondary N) is 1. The highest BCUT2D eigenvalue weighted by Crippen LogP contribution is 2.12. The maximum Gasteiger partial charge on any atom is 0.405 e. The third kappa shape index (κ3) is 6.16. The smallest absolute Gasteiger partial charge is 0.405 e. The Morgan fingerprint density at radius 1 is 1.56 bits per heavy atom. The summed E-state index contributed by atoms with van der Waals surface area (Å²) in [5.74, 6) is -0.538. The predicted molar refractivity (Wildman–Crippen MR) is 59.3 cm³/mol. The van der Waals surface area contributed by atoms with Gasteiger partial charge in [-0.25, -0.2) is 4.79 Å². The summed E-state index contributed by atoms with van der Waals surface area (Å²) < 4.78 is 35.8. The molecule has 0 spiro atoms. The topological polar surface area (TPSA) is 90.9 Å². The Morgan fingerprint density at radius 3 is 2.50 bits per heavy atom. The Morgan fingerprint density at radius 2 is 2.11 bits per heavy atom. The molecule has 9 heteroatoms. The van der Waals surface area contributed by atoms with Crippen LogP contribution in [0.2, 0.25) is 0 Å². The fourth-order valence-corrected chi connectivity index (χ4v) is 1.17. The predicted octanol–water partition coefficient (Wildman–Crippen LogP) is 0.963. The van der Waals surface area contributed by atoms with Gasteiger partial charge in [0, 0.05) is 19.0 Å². The molecule has 0 radical (unpaired) electrons. The van der Waals surface area contributed by atoms with E-state index < -0.39 is 24.7 Å². The van der Waals surface area contributed by atoms with Crippen LogP contribution in [0.5, 0.6) is 0 Å². The number of carbonyl (C=O) groups excluding carboxylic acids is 1. The third-order valence-corrected chi connectivity index (χ3v) is 2.22. The molecule has 0 heterocycles. The van der Waals surface area contributed by atoms with Crippen molar-refractivity contribution < 1.29 is 23.2 Å². The van der Waals surface area contributed by atoms with Gasteiger partial charge in [0.15, 0.2) is 0 Å². The first kappa shape index (κ1) is 16.3. The van der Waals surface area contributed by atoms with Crippen LogP contribution in [-0.2, 0) is 0 Å². The van der Waals surface area contributed by atoms with Crippen molar-refractivity contribution in [1.82, 2.24) is 10.2 Å². The van der Waals surface area contributed by atoms with Gasteiger partial charge in [0.2, 0.25) is 0 Å². The number of carbonyl (C=O) groups is 1. The Balaban J connectivity index is 4.37. The molecule has 0 aromatic carbocycles. The van der Waals surface area contributed by atoms with E-state index >= 15 is 0 Å². The molecule has 6 nitrogen and oxygen atoms in total. The average Bonchev–Trinajstić information content (AvgIpc) is 2.30. The minimum absolute atomic E-state index is 0.0656. The van der Waals surface area contributed by atoms with E-state index in [4.69, 9.17) is 10.9 Å². The van der Waals surface area contributed by atoms with Gasteiger partial charge in [0.25, 0.3) is 0 Å². The normalized spacial score (nSPS) is 14.2. The van der Waals surface area contributed by atoms with E-state index in [9.17, 15) is 18.0 Å². The van der Waals surface area contributed by atoms with Crippen LogP contribution in [0, 0.1) is 5.92 Å². The summed E-state index contributed by atoms with van der Waals surface area (Å²) >= 11 is 0. The monoisotopic (exact) mass is 270 g/mol. The zero-order valence-corrected chi connectivity index (χ0v) is 10.2. The molecular formula is C9H17F3N4O2. The molecule has 0 aromatic rings. The summed E-state index contributed by atoms with van der Waals surface area (Å²) in [5.41, 5.74) is 5.32. The van der Waals surface area contributed by atoms with Crippen molar-refractivity contribution >= 4 is 11.9 Å². The van der Waals surface area contributed by atoms with E-state index in [0.717, 1.165) is 4.90 Å². The van der Waals surface area contributed by atoms with Gasteiger partial charge in [-0.3, -0.25) is 0 Å². The van der Waals surface area contributed by atoms with Crippen molar-refractivity contribution in [1.29, 1.82) is 0 Å². The summed E-state index contributed by atoms with van der Waals surface area (Å²) in [5, 5.41) is 13.0. The minimum Gasteiger partial charge on any atom is -0.409 e. The Bertz CT molecular complexity index is 307. The number of amidine groups is 1. The Kier molecular flexibility index (Phi) is 6.28. The molecule has 0 saturated heterocycles. The quantitative estimate of drug-likeness (QED) is 0.301. The number of oxime groups is 1. The molecular weight excluding hydrogens is 253 g/mol. The zero-order valence-electron chi connectivity index (χ0n) is 10.2. The molecule has 0 bridgehead atoms. The van der Waals surface area contributed by atoms with Crippen LogP contribution in [0.15, 0.2) is 5.16 Å². The summed E-state index contributed by atoms with van der Waals surface area (Å²) in [6, 6.07) is -0.840. The molecule has 106 valence electrons. The number of rotatable bonds is 5. The second kappa shape index (κ2) is 6.92. The standard InChI is InChI=1S/C9H17F3N4O2/c1-3-16(4-6(2)7(13)15-18)8(17)14-5-9(10,11)12/h6,18H,3-5H2,1-2H3,(H2,13,15)(H,14,17). The summed E-state index contributed by atoms with van der Waals surface area (Å²) in [4.78, 5) is 12.6. The molecule has 0 aliphatic rings. The van der Waals surface area contributed by atoms with Crippen LogP contribution in [0.1, 0.15) is 13.8 Å². The van der Waals surface area contributed by atoms with Gasteiger partial charge >= 0.3 is 12.2 Å². The van der Waals surface area contributed by atoms with Crippen molar-refractivity contribution in [3.8, 4) is 0 Å². The molecule has 0 aliphatic carbocycles. The second-order valence-corrected chi connectivity index (χ2v) is 3.74. The lowest BCUT2D eigenvalue weighted by atomic mass is 10.1. The van der Waals surface area contributed by atoms with Crippen LogP contribution in [0.4, 0.5) is 18.0 Å². The Hall–Kier alpha value is -1.67. The number of nitrogens with two attached hydrogens (primary N) is 1. The van der Waals surface area contributed by atoms with E-state index in [0.29, 0.717) is 0 Å². The average molecular weight is 270 g/mol. The highest BCUT2D eigenvalue weighted by Gasteiger charge is 2.29. The molecule has 0 aliphatic heterocycles. The maximum atomic E-state index is 11.9. The van der Waals surface area contributed by atoms with Crippen molar-refractivity contribution in [3.63, 3.8) is 0 Å². The van der Waals surface area contributed by atoms with Crippen LogP contribution >= 0.6 is 0 Å². The van der Waals surface area contributed by atoms with Crippen molar-refractivity contribution in [3.05, 3.63) is 0 Å². The van der Waals surface area contributed by atoms with Gasteiger partial charge in [-0.1, -0.05) is 12.1 Å². The fourth-order valence-electron chi connectivity index (χ4n) is 1.17. The van der Waals surface area contributed by atoms with Gasteiger partial charge in [-0.2, -0.15) is 13.2 Å². The lowest BCUT2D eigenvalue weighted by Gasteiger charge is -2.24. The molecule has 4 N–H and O–H groups in total. The summed E-state index contributed by atoms with van der Waals surface area (Å²) in [6.45, 7) is 2.10. The lowest BCUT2D eigenvalue weighted by Crippen LogP contribution is -2.46. The molecule has 0 aromatic heterocycles. The number of halogens is 3. The summed E-state index contributed by atoms with van der Waals surface area (Å²) in [6.07, 6.45) is -4.45. The van der Waals surface area contributed by atoms with Crippen molar-refractivity contribution in [2.24, 2.45) is 16.8 Å². The van der Waals surface area contributed by atoms with Gasteiger partial charge in [0.1, 0.15) is 12.4 Å². The largest absolute Gasteiger partial charge is 0.409 e. The van der Waals surface area contributed by atoms with E-state index in [-0.39, 0.29) is 18.9 Å². The molecule has 0 rings (SSSR count). The number of hydrogen-bond donors (Lipinski definition) is 3. The van der Waals surface area contributed by atoms with E-state index in [1.807, 2.05) is 0 Å². The van der Waals surface area contributed by atoms with Crippen molar-refractivity contribution in [2.75, 3.05) is 19.6 Å². The van der Waals surface area contributed by atoms with Crippen LogP contribution in [-0.4, -0.2) is 47.8 Å². The zero-order chi connectivity index (χ0) is 14.3. The lowest BCUT2D eigenvalue weighted by molar-refractivity contribution is -0.123. The number of nitrogens with zero attached hydrogens (tertiary/aromatic N) is 2. The number of amides is 2. The van der Waals surface area contributed by atoms with E-state index in [1.54, 1.807) is 19.2 Å². The molecule has 1 atom stereocenters.